The van der Waals surface area contributed by atoms with Crippen LogP contribution >= 0.6 is 0 Å². The zero-order valence-electron chi connectivity index (χ0n) is 17.6. The maximum absolute atomic E-state index is 13.3. The Morgan fingerprint density at radius 1 is 1.16 bits per heavy atom. The molecule has 1 aliphatic rings. The first-order valence-electron chi connectivity index (χ1n) is 9.82. The molecule has 0 aromatic heterocycles. The molecule has 160 valence electrons. The van der Waals surface area contributed by atoms with Crippen molar-refractivity contribution in [1.29, 1.82) is 5.26 Å². The molecule has 0 spiro atoms. The first-order valence-corrected chi connectivity index (χ1v) is 9.82. The van der Waals surface area contributed by atoms with E-state index in [1.807, 2.05) is 32.0 Å². The molecule has 1 aliphatic heterocycles. The number of aryl methyl sites for hydroxylation is 2. The maximum atomic E-state index is 13.3. The molecular weight excluding hydrogens is 399 g/mol. The highest BCUT2D eigenvalue weighted by Gasteiger charge is 2.49. The average Bonchev–Trinajstić information content (AvgIpc) is 2.95. The van der Waals surface area contributed by atoms with Crippen molar-refractivity contribution >= 4 is 23.5 Å². The van der Waals surface area contributed by atoms with Gasteiger partial charge in [-0.25, -0.2) is 9.18 Å². The van der Waals surface area contributed by atoms with E-state index in [0.29, 0.717) is 11.3 Å². The second-order valence-electron chi connectivity index (χ2n) is 7.68. The Kier molecular flexibility index (Phi) is 6.07. The number of rotatable bonds is 6. The molecule has 3 rings (SSSR count). The highest BCUT2D eigenvalue weighted by Crippen LogP contribution is 2.29. The first-order chi connectivity index (χ1) is 14.7. The molecule has 0 radical (unpaired) electrons. The maximum Gasteiger partial charge on any atom is 0.325 e. The third-order valence-corrected chi connectivity index (χ3v) is 5.54. The number of amides is 4. The van der Waals surface area contributed by atoms with E-state index in [-0.39, 0.29) is 13.0 Å². The SMILES string of the molecule is Cc1ccc(N(CCC#N)C(=O)CN2C(=O)N[C@](C)(c3ccc(F)cc3)C2=O)cc1C. The van der Waals surface area contributed by atoms with Crippen LogP contribution in [0, 0.1) is 31.0 Å². The number of carbonyl (C=O) groups excluding carboxylic acids is 3. The number of nitrogens with zero attached hydrogens (tertiary/aromatic N) is 3. The molecule has 1 atom stereocenters. The van der Waals surface area contributed by atoms with E-state index in [1.165, 1.54) is 36.1 Å². The zero-order valence-corrected chi connectivity index (χ0v) is 17.6. The van der Waals surface area contributed by atoms with Crippen molar-refractivity contribution in [3.05, 3.63) is 65.0 Å². The molecule has 31 heavy (non-hydrogen) atoms. The number of benzene rings is 2. The summed E-state index contributed by atoms with van der Waals surface area (Å²) in [6.07, 6.45) is 0.103. The van der Waals surface area contributed by atoms with Gasteiger partial charge in [0.2, 0.25) is 5.91 Å². The fourth-order valence-corrected chi connectivity index (χ4v) is 3.49. The van der Waals surface area contributed by atoms with Crippen LogP contribution in [0.25, 0.3) is 0 Å². The van der Waals surface area contributed by atoms with Crippen LogP contribution in [0.1, 0.15) is 30.0 Å². The Balaban J connectivity index is 1.85. The van der Waals surface area contributed by atoms with Gasteiger partial charge in [0.1, 0.15) is 17.9 Å². The van der Waals surface area contributed by atoms with Gasteiger partial charge in [-0.1, -0.05) is 18.2 Å². The molecule has 4 amide bonds. The Morgan fingerprint density at radius 2 is 1.84 bits per heavy atom. The van der Waals surface area contributed by atoms with Crippen LogP contribution in [0.3, 0.4) is 0 Å². The van der Waals surface area contributed by atoms with E-state index in [4.69, 9.17) is 5.26 Å². The van der Waals surface area contributed by atoms with Gasteiger partial charge >= 0.3 is 6.03 Å². The second-order valence-corrected chi connectivity index (χ2v) is 7.68. The van der Waals surface area contributed by atoms with Crippen molar-refractivity contribution in [3.63, 3.8) is 0 Å². The summed E-state index contributed by atoms with van der Waals surface area (Å²) < 4.78 is 13.3. The molecular formula is C23H23FN4O3. The third-order valence-electron chi connectivity index (χ3n) is 5.54. The fourth-order valence-electron chi connectivity index (χ4n) is 3.49. The van der Waals surface area contributed by atoms with E-state index in [1.54, 1.807) is 6.07 Å². The number of anilines is 1. The summed E-state index contributed by atoms with van der Waals surface area (Å²) in [5.41, 5.74) is 1.64. The van der Waals surface area contributed by atoms with E-state index in [9.17, 15) is 18.8 Å². The Bertz CT molecular complexity index is 1080. The molecule has 8 heteroatoms. The van der Waals surface area contributed by atoms with Gasteiger partial charge < -0.3 is 10.2 Å². The lowest BCUT2D eigenvalue weighted by Gasteiger charge is -2.25. The van der Waals surface area contributed by atoms with Crippen molar-refractivity contribution in [3.8, 4) is 6.07 Å². The molecule has 1 N–H and O–H groups in total. The van der Waals surface area contributed by atoms with Gasteiger partial charge in [-0.05, 0) is 61.7 Å². The average molecular weight is 422 g/mol. The van der Waals surface area contributed by atoms with Crippen molar-refractivity contribution in [2.45, 2.75) is 32.7 Å². The van der Waals surface area contributed by atoms with Gasteiger partial charge in [0.05, 0.1) is 12.5 Å². The van der Waals surface area contributed by atoms with E-state index in [2.05, 4.69) is 5.32 Å². The predicted octanol–water partition coefficient (Wildman–Crippen LogP) is 3.16. The van der Waals surface area contributed by atoms with Gasteiger partial charge in [0, 0.05) is 12.2 Å². The topological polar surface area (TPSA) is 93.5 Å². The van der Waals surface area contributed by atoms with Gasteiger partial charge in [-0.2, -0.15) is 5.26 Å². The summed E-state index contributed by atoms with van der Waals surface area (Å²) in [6.45, 7) is 5.04. The fraction of sp³-hybridized carbons (Fsp3) is 0.304. The molecule has 2 aromatic carbocycles. The third kappa shape index (κ3) is 4.26. The van der Waals surface area contributed by atoms with Crippen LogP contribution in [0.4, 0.5) is 14.9 Å². The van der Waals surface area contributed by atoms with Crippen LogP contribution in [-0.2, 0) is 15.1 Å². The zero-order chi connectivity index (χ0) is 22.8. The summed E-state index contributed by atoms with van der Waals surface area (Å²) in [5, 5.41) is 11.6. The van der Waals surface area contributed by atoms with Gasteiger partial charge in [-0.15, -0.1) is 0 Å². The van der Waals surface area contributed by atoms with Crippen molar-refractivity contribution in [2.24, 2.45) is 0 Å². The lowest BCUT2D eigenvalue weighted by atomic mass is 9.92. The summed E-state index contributed by atoms with van der Waals surface area (Å²) in [7, 11) is 0. The summed E-state index contributed by atoms with van der Waals surface area (Å²) in [6, 6.07) is 12.0. The smallest absolute Gasteiger partial charge is 0.319 e. The number of imide groups is 1. The molecule has 2 aromatic rings. The van der Waals surface area contributed by atoms with Crippen molar-refractivity contribution < 1.29 is 18.8 Å². The second kappa shape index (κ2) is 8.56. The van der Waals surface area contributed by atoms with E-state index >= 15 is 0 Å². The number of hydrogen-bond donors (Lipinski definition) is 1. The number of nitrogens with one attached hydrogen (secondary N) is 1. The summed E-state index contributed by atoms with van der Waals surface area (Å²) in [5.74, 6) is -1.54. The summed E-state index contributed by atoms with van der Waals surface area (Å²) in [4.78, 5) is 40.9. The van der Waals surface area contributed by atoms with Crippen molar-refractivity contribution in [1.82, 2.24) is 10.2 Å². The number of hydrogen-bond acceptors (Lipinski definition) is 4. The van der Waals surface area contributed by atoms with Crippen molar-refractivity contribution in [2.75, 3.05) is 18.0 Å². The van der Waals surface area contributed by atoms with Gasteiger partial charge in [-0.3, -0.25) is 14.5 Å². The summed E-state index contributed by atoms with van der Waals surface area (Å²) >= 11 is 0. The molecule has 0 bridgehead atoms. The Morgan fingerprint density at radius 3 is 2.45 bits per heavy atom. The lowest BCUT2D eigenvalue weighted by Crippen LogP contribution is -2.45. The molecule has 0 saturated carbocycles. The van der Waals surface area contributed by atoms with E-state index < -0.39 is 35.7 Å². The van der Waals surface area contributed by atoms with Crippen LogP contribution in [0.15, 0.2) is 42.5 Å². The minimum atomic E-state index is -1.40. The number of nitriles is 1. The van der Waals surface area contributed by atoms with Gasteiger partial charge in [0.25, 0.3) is 5.91 Å². The highest BCUT2D eigenvalue weighted by atomic mass is 19.1. The van der Waals surface area contributed by atoms with Crippen LogP contribution < -0.4 is 10.2 Å². The molecule has 1 heterocycles. The van der Waals surface area contributed by atoms with Gasteiger partial charge in [0.15, 0.2) is 0 Å². The molecule has 1 saturated heterocycles. The number of carbonyl (C=O) groups is 3. The standard InChI is InChI=1S/C23H23FN4O3/c1-15-5-10-19(13-16(15)2)27(12-4-11-25)20(29)14-28-21(30)23(3,26-22(28)31)17-6-8-18(24)9-7-17/h5-10,13H,4,12,14H2,1-3H3,(H,26,31)/t23-/m1/s1. The van der Waals surface area contributed by atoms with Crippen LogP contribution in [-0.4, -0.2) is 35.8 Å². The molecule has 0 unspecified atom stereocenters. The lowest BCUT2D eigenvalue weighted by molar-refractivity contribution is -0.134. The number of urea groups is 1. The molecule has 7 nitrogen and oxygen atoms in total. The monoisotopic (exact) mass is 422 g/mol. The molecule has 0 aliphatic carbocycles. The largest absolute Gasteiger partial charge is 0.325 e. The Labute approximate surface area is 180 Å². The van der Waals surface area contributed by atoms with Crippen LogP contribution in [0.5, 0.6) is 0 Å². The first kappa shape index (κ1) is 22.0. The minimum absolute atomic E-state index is 0.103. The molecule has 1 fully saturated rings. The van der Waals surface area contributed by atoms with Crippen LogP contribution in [0.2, 0.25) is 0 Å². The minimum Gasteiger partial charge on any atom is -0.319 e. The highest BCUT2D eigenvalue weighted by molar-refractivity contribution is 6.10. The number of halogens is 1. The normalized spacial score (nSPS) is 18.0. The predicted molar refractivity (Wildman–Crippen MR) is 112 cm³/mol. The Hall–Kier alpha value is -3.73. The van der Waals surface area contributed by atoms with E-state index in [0.717, 1.165) is 16.0 Å². The quantitative estimate of drug-likeness (QED) is 0.724.